The molecule has 8 heteroatoms. The fourth-order valence-electron chi connectivity index (χ4n) is 1.96. The number of ether oxygens (including phenoxy) is 1. The molecule has 0 heterocycles. The first-order valence-electron chi connectivity index (χ1n) is 6.95. The summed E-state index contributed by atoms with van der Waals surface area (Å²) in [6.45, 7) is 0. The van der Waals surface area contributed by atoms with Crippen molar-refractivity contribution in [1.29, 1.82) is 5.26 Å². The Bertz CT molecular complexity index is 964. The third-order valence-electron chi connectivity index (χ3n) is 3.20. The molecular weight excluding hydrogens is 364 g/mol. The fraction of sp³-hybridized carbons (Fsp3) is 0.0588. The number of anilines is 1. The van der Waals surface area contributed by atoms with Crippen molar-refractivity contribution in [3.05, 3.63) is 70.2 Å². The second kappa shape index (κ2) is 7.83. The second-order valence-corrected chi connectivity index (χ2v) is 7.12. The van der Waals surface area contributed by atoms with Crippen molar-refractivity contribution >= 4 is 33.1 Å². The van der Waals surface area contributed by atoms with E-state index in [9.17, 15) is 18.5 Å². The van der Waals surface area contributed by atoms with Crippen LogP contribution in [0.2, 0.25) is 5.02 Å². The van der Waals surface area contributed by atoms with Crippen molar-refractivity contribution < 1.29 is 17.9 Å². The summed E-state index contributed by atoms with van der Waals surface area (Å²) >= 11 is 5.90. The molecule has 0 radical (unpaired) electrons. The Hall–Kier alpha value is -2.82. The Balaban J connectivity index is 2.42. The summed E-state index contributed by atoms with van der Waals surface area (Å²) in [5.74, 6) is -0.628. The Morgan fingerprint density at radius 2 is 1.92 bits per heavy atom. The summed E-state index contributed by atoms with van der Waals surface area (Å²) in [7, 11) is -2.76. The molecule has 0 aromatic heterocycles. The van der Waals surface area contributed by atoms with Gasteiger partial charge >= 0.3 is 5.97 Å². The summed E-state index contributed by atoms with van der Waals surface area (Å²) in [6, 6.07) is 13.6. The highest BCUT2D eigenvalue weighted by atomic mass is 35.5. The molecule has 0 fully saturated rings. The molecule has 0 amide bonds. The lowest BCUT2D eigenvalue weighted by molar-refractivity contribution is 0.0602. The van der Waals surface area contributed by atoms with E-state index in [1.807, 2.05) is 0 Å². The van der Waals surface area contributed by atoms with Crippen LogP contribution in [-0.4, -0.2) is 21.5 Å². The van der Waals surface area contributed by atoms with Crippen LogP contribution in [0.15, 0.2) is 64.5 Å². The van der Waals surface area contributed by atoms with Crippen molar-refractivity contribution in [1.82, 2.24) is 0 Å². The van der Waals surface area contributed by atoms with E-state index in [0.717, 1.165) is 6.20 Å². The Kier molecular flexibility index (Phi) is 5.80. The summed E-state index contributed by atoms with van der Waals surface area (Å²) in [6.07, 6.45) is 1.01. The SMILES string of the molecule is COC(=O)c1ccc(Cl)cc1N/C=C(\C#N)S(=O)(=O)c1ccccc1. The number of methoxy groups -OCH3 is 1. The molecule has 2 aromatic carbocycles. The van der Waals surface area contributed by atoms with Gasteiger partial charge in [-0.2, -0.15) is 5.26 Å². The molecule has 6 nitrogen and oxygen atoms in total. The molecule has 0 aliphatic heterocycles. The number of allylic oxidation sites excluding steroid dienone is 1. The first-order valence-corrected chi connectivity index (χ1v) is 8.81. The first kappa shape index (κ1) is 18.5. The number of nitrogens with one attached hydrogen (secondary N) is 1. The van der Waals surface area contributed by atoms with Crippen LogP contribution < -0.4 is 5.32 Å². The van der Waals surface area contributed by atoms with Crippen LogP contribution in [0.3, 0.4) is 0 Å². The molecule has 0 atom stereocenters. The topological polar surface area (TPSA) is 96.3 Å². The van der Waals surface area contributed by atoms with Gasteiger partial charge in [-0.05, 0) is 30.3 Å². The lowest BCUT2D eigenvalue weighted by Gasteiger charge is -2.09. The smallest absolute Gasteiger partial charge is 0.339 e. The molecule has 25 heavy (non-hydrogen) atoms. The summed E-state index contributed by atoms with van der Waals surface area (Å²) in [5, 5.41) is 12.2. The third-order valence-corrected chi connectivity index (χ3v) is 5.11. The zero-order chi connectivity index (χ0) is 18.4. The van der Waals surface area contributed by atoms with Crippen LogP contribution in [0.25, 0.3) is 0 Å². The van der Waals surface area contributed by atoms with Gasteiger partial charge in [0.05, 0.1) is 23.3 Å². The second-order valence-electron chi connectivity index (χ2n) is 4.76. The van der Waals surface area contributed by atoms with Gasteiger partial charge in [-0.25, -0.2) is 13.2 Å². The van der Waals surface area contributed by atoms with Crippen LogP contribution in [0.1, 0.15) is 10.4 Å². The molecule has 2 rings (SSSR count). The fourth-order valence-corrected chi connectivity index (χ4v) is 3.24. The minimum atomic E-state index is -3.98. The highest BCUT2D eigenvalue weighted by Gasteiger charge is 2.21. The van der Waals surface area contributed by atoms with Gasteiger partial charge in [0.25, 0.3) is 0 Å². The Morgan fingerprint density at radius 1 is 1.24 bits per heavy atom. The van der Waals surface area contributed by atoms with Gasteiger partial charge in [0, 0.05) is 11.2 Å². The quantitative estimate of drug-likeness (QED) is 0.634. The van der Waals surface area contributed by atoms with Crippen molar-refractivity contribution in [3.63, 3.8) is 0 Å². The molecule has 0 bridgehead atoms. The molecule has 1 N–H and O–H groups in total. The van der Waals surface area contributed by atoms with Crippen molar-refractivity contribution in [2.24, 2.45) is 0 Å². The van der Waals surface area contributed by atoms with E-state index in [4.69, 9.17) is 11.6 Å². The molecule has 128 valence electrons. The third kappa shape index (κ3) is 4.18. The zero-order valence-corrected chi connectivity index (χ0v) is 14.6. The average Bonchev–Trinajstić information content (AvgIpc) is 2.62. The number of sulfone groups is 1. The lowest BCUT2D eigenvalue weighted by atomic mass is 10.2. The lowest BCUT2D eigenvalue weighted by Crippen LogP contribution is -2.08. The first-order chi connectivity index (χ1) is 11.9. The van der Waals surface area contributed by atoms with Gasteiger partial charge in [-0.3, -0.25) is 0 Å². The highest BCUT2D eigenvalue weighted by molar-refractivity contribution is 7.95. The average molecular weight is 377 g/mol. The van der Waals surface area contributed by atoms with E-state index in [-0.39, 0.29) is 16.1 Å². The number of nitriles is 1. The normalized spacial score (nSPS) is 11.5. The maximum atomic E-state index is 12.5. The number of benzene rings is 2. The molecule has 0 unspecified atom stereocenters. The standard InChI is InChI=1S/C17H13ClN2O4S/c1-24-17(21)15-8-7-12(18)9-16(15)20-11-14(10-19)25(22,23)13-5-3-2-4-6-13/h2-9,11,20H,1H3/b14-11+. The molecule has 0 aliphatic carbocycles. The Labute approximate surface area is 150 Å². The highest BCUT2D eigenvalue weighted by Crippen LogP contribution is 2.24. The molecular formula is C17H13ClN2O4S. The summed E-state index contributed by atoms with van der Waals surface area (Å²) < 4.78 is 29.6. The van der Waals surface area contributed by atoms with Crippen molar-refractivity contribution in [2.45, 2.75) is 4.90 Å². The van der Waals surface area contributed by atoms with Crippen LogP contribution in [0.5, 0.6) is 0 Å². The summed E-state index contributed by atoms with van der Waals surface area (Å²) in [5.41, 5.74) is 0.368. The zero-order valence-electron chi connectivity index (χ0n) is 13.1. The molecule has 0 spiro atoms. The molecule has 0 saturated carbocycles. The number of halogens is 1. The number of carbonyl (C=O) groups excluding carboxylic acids is 1. The predicted molar refractivity (Wildman–Crippen MR) is 93.7 cm³/mol. The van der Waals surface area contributed by atoms with Gasteiger partial charge in [-0.1, -0.05) is 29.8 Å². The number of hydrogen-bond donors (Lipinski definition) is 1. The molecule has 2 aromatic rings. The molecule has 0 aliphatic rings. The maximum absolute atomic E-state index is 12.5. The van der Waals surface area contributed by atoms with E-state index < -0.39 is 20.7 Å². The van der Waals surface area contributed by atoms with Crippen LogP contribution in [0.4, 0.5) is 5.69 Å². The van der Waals surface area contributed by atoms with Crippen LogP contribution in [-0.2, 0) is 14.6 Å². The molecule has 0 saturated heterocycles. The number of hydrogen-bond acceptors (Lipinski definition) is 6. The van der Waals surface area contributed by atoms with E-state index >= 15 is 0 Å². The maximum Gasteiger partial charge on any atom is 0.339 e. The van der Waals surface area contributed by atoms with Gasteiger partial charge in [0.15, 0.2) is 4.91 Å². The van der Waals surface area contributed by atoms with Gasteiger partial charge in [-0.15, -0.1) is 0 Å². The van der Waals surface area contributed by atoms with Crippen LogP contribution in [0, 0.1) is 11.3 Å². The predicted octanol–water partition coefficient (Wildman–Crippen LogP) is 3.38. The van der Waals surface area contributed by atoms with Gasteiger partial charge in [0.2, 0.25) is 9.84 Å². The van der Waals surface area contributed by atoms with Crippen molar-refractivity contribution in [3.8, 4) is 6.07 Å². The summed E-state index contributed by atoms with van der Waals surface area (Å²) in [4.78, 5) is 11.3. The van der Waals surface area contributed by atoms with E-state index in [0.29, 0.717) is 5.02 Å². The largest absolute Gasteiger partial charge is 0.465 e. The van der Waals surface area contributed by atoms with E-state index in [1.165, 1.54) is 37.4 Å². The van der Waals surface area contributed by atoms with Crippen LogP contribution >= 0.6 is 11.6 Å². The van der Waals surface area contributed by atoms with Gasteiger partial charge in [0.1, 0.15) is 6.07 Å². The minimum Gasteiger partial charge on any atom is -0.465 e. The Morgan fingerprint density at radius 3 is 2.52 bits per heavy atom. The van der Waals surface area contributed by atoms with Crippen molar-refractivity contribution in [2.75, 3.05) is 12.4 Å². The number of nitrogens with zero attached hydrogens (tertiary/aromatic N) is 1. The number of esters is 1. The van der Waals surface area contributed by atoms with E-state index in [2.05, 4.69) is 10.1 Å². The van der Waals surface area contributed by atoms with Gasteiger partial charge < -0.3 is 10.1 Å². The number of rotatable bonds is 5. The number of carbonyl (C=O) groups is 1. The van der Waals surface area contributed by atoms with E-state index in [1.54, 1.807) is 24.3 Å². The monoisotopic (exact) mass is 376 g/mol. The minimum absolute atomic E-state index is 0.0103.